The summed E-state index contributed by atoms with van der Waals surface area (Å²) in [4.78, 5) is 0. The van der Waals surface area contributed by atoms with Gasteiger partial charge >= 0.3 is 6.18 Å². The first-order valence-corrected chi connectivity index (χ1v) is 5.07. The molecule has 1 aromatic rings. The van der Waals surface area contributed by atoms with E-state index >= 15 is 0 Å². The summed E-state index contributed by atoms with van der Waals surface area (Å²) in [6, 6.07) is 4.56. The fourth-order valence-corrected chi connectivity index (χ4v) is 2.05. The zero-order chi connectivity index (χ0) is 11.8. The van der Waals surface area contributed by atoms with Gasteiger partial charge in [-0.3, -0.25) is 0 Å². The van der Waals surface area contributed by atoms with E-state index < -0.39 is 12.7 Å². The number of phenolic OH excluding ortho intramolecular Hbond substituents is 1. The number of phenols is 1. The standard InChI is InChI=1S/C11H12F3NO/c12-11(13,14)6-15-10-4-1-7-5-8(16)2-3-9(7)10/h2-3,5,10,15-16H,1,4,6H2. The van der Waals surface area contributed by atoms with Gasteiger partial charge in [-0.25, -0.2) is 0 Å². The second-order valence-corrected chi connectivity index (χ2v) is 3.97. The summed E-state index contributed by atoms with van der Waals surface area (Å²) in [7, 11) is 0. The number of hydrogen-bond acceptors (Lipinski definition) is 2. The predicted octanol–water partition coefficient (Wildman–Crippen LogP) is 2.53. The first-order valence-electron chi connectivity index (χ1n) is 5.07. The van der Waals surface area contributed by atoms with E-state index in [4.69, 9.17) is 0 Å². The maximum absolute atomic E-state index is 12.0. The van der Waals surface area contributed by atoms with Gasteiger partial charge < -0.3 is 10.4 Å². The van der Waals surface area contributed by atoms with Gasteiger partial charge in [0.05, 0.1) is 6.54 Å². The Hall–Kier alpha value is -1.23. The number of rotatable bonds is 2. The first-order chi connectivity index (χ1) is 7.46. The highest BCUT2D eigenvalue weighted by molar-refractivity contribution is 5.39. The second-order valence-electron chi connectivity index (χ2n) is 3.97. The van der Waals surface area contributed by atoms with Crippen molar-refractivity contribution in [1.82, 2.24) is 5.32 Å². The molecule has 88 valence electrons. The summed E-state index contributed by atoms with van der Waals surface area (Å²) < 4.78 is 36.1. The van der Waals surface area contributed by atoms with E-state index in [1.165, 1.54) is 6.07 Å². The molecule has 0 aliphatic heterocycles. The van der Waals surface area contributed by atoms with Crippen LogP contribution < -0.4 is 5.32 Å². The molecule has 1 aromatic carbocycles. The van der Waals surface area contributed by atoms with Gasteiger partial charge in [-0.1, -0.05) is 6.07 Å². The van der Waals surface area contributed by atoms with E-state index in [0.717, 1.165) is 11.1 Å². The van der Waals surface area contributed by atoms with Crippen molar-refractivity contribution in [2.24, 2.45) is 0 Å². The smallest absolute Gasteiger partial charge is 0.401 e. The van der Waals surface area contributed by atoms with Crippen LogP contribution in [0.15, 0.2) is 18.2 Å². The van der Waals surface area contributed by atoms with Crippen LogP contribution in [0.1, 0.15) is 23.6 Å². The highest BCUT2D eigenvalue weighted by Crippen LogP contribution is 2.33. The third-order valence-corrected chi connectivity index (χ3v) is 2.75. The molecule has 0 saturated heterocycles. The van der Waals surface area contributed by atoms with E-state index in [1.54, 1.807) is 12.1 Å². The Balaban J connectivity index is 2.06. The molecule has 0 amide bonds. The number of aromatic hydroxyl groups is 1. The lowest BCUT2D eigenvalue weighted by Crippen LogP contribution is -2.31. The van der Waals surface area contributed by atoms with Crippen LogP contribution in [0.5, 0.6) is 5.75 Å². The van der Waals surface area contributed by atoms with Gasteiger partial charge in [0.2, 0.25) is 0 Å². The third kappa shape index (κ3) is 2.47. The summed E-state index contributed by atoms with van der Waals surface area (Å²) in [5, 5.41) is 11.7. The fraction of sp³-hybridized carbons (Fsp3) is 0.455. The average Bonchev–Trinajstić information content (AvgIpc) is 2.56. The molecule has 0 aromatic heterocycles. The summed E-state index contributed by atoms with van der Waals surface area (Å²) in [5.41, 5.74) is 1.79. The van der Waals surface area contributed by atoms with Crippen LogP contribution in [-0.2, 0) is 6.42 Å². The minimum Gasteiger partial charge on any atom is -0.508 e. The minimum atomic E-state index is -4.18. The highest BCUT2D eigenvalue weighted by Gasteiger charge is 2.30. The summed E-state index contributed by atoms with van der Waals surface area (Å²) >= 11 is 0. The van der Waals surface area contributed by atoms with E-state index in [2.05, 4.69) is 5.32 Å². The Morgan fingerprint density at radius 1 is 1.38 bits per heavy atom. The molecule has 0 fully saturated rings. The third-order valence-electron chi connectivity index (χ3n) is 2.75. The van der Waals surface area contributed by atoms with Crippen LogP contribution in [0.25, 0.3) is 0 Å². The Morgan fingerprint density at radius 2 is 2.12 bits per heavy atom. The summed E-state index contributed by atoms with van der Waals surface area (Å²) in [6.07, 6.45) is -2.83. The topological polar surface area (TPSA) is 32.3 Å². The lowest BCUT2D eigenvalue weighted by Gasteiger charge is -2.15. The Morgan fingerprint density at radius 3 is 2.81 bits per heavy atom. The maximum Gasteiger partial charge on any atom is 0.401 e. The number of aryl methyl sites for hydroxylation is 1. The quantitative estimate of drug-likeness (QED) is 0.819. The minimum absolute atomic E-state index is 0.162. The monoisotopic (exact) mass is 231 g/mol. The summed E-state index contributed by atoms with van der Waals surface area (Å²) in [6.45, 7) is -0.974. The molecular weight excluding hydrogens is 219 g/mol. The number of benzene rings is 1. The maximum atomic E-state index is 12.0. The molecular formula is C11H12F3NO. The van der Waals surface area contributed by atoms with Crippen molar-refractivity contribution in [1.29, 1.82) is 0 Å². The molecule has 2 rings (SSSR count). The molecule has 2 nitrogen and oxygen atoms in total. The SMILES string of the molecule is Oc1ccc2c(c1)CCC2NCC(F)(F)F. The highest BCUT2D eigenvalue weighted by atomic mass is 19.4. The van der Waals surface area contributed by atoms with Crippen molar-refractivity contribution in [3.63, 3.8) is 0 Å². The predicted molar refractivity (Wildman–Crippen MR) is 53.2 cm³/mol. The molecule has 0 spiro atoms. The Labute approximate surface area is 91.1 Å². The van der Waals surface area contributed by atoms with Crippen LogP contribution in [0, 0.1) is 0 Å². The molecule has 1 aliphatic carbocycles. The van der Waals surface area contributed by atoms with Crippen LogP contribution in [0.3, 0.4) is 0 Å². The summed E-state index contributed by atoms with van der Waals surface area (Å²) in [5.74, 6) is 0.162. The van der Waals surface area contributed by atoms with Gasteiger partial charge in [0, 0.05) is 6.04 Å². The lowest BCUT2D eigenvalue weighted by atomic mass is 10.1. The van der Waals surface area contributed by atoms with Crippen LogP contribution >= 0.6 is 0 Å². The van der Waals surface area contributed by atoms with E-state index in [-0.39, 0.29) is 11.8 Å². The molecule has 1 aliphatic rings. The molecule has 16 heavy (non-hydrogen) atoms. The van der Waals surface area contributed by atoms with Gasteiger partial charge in [0.15, 0.2) is 0 Å². The molecule has 5 heteroatoms. The van der Waals surface area contributed by atoms with Crippen LogP contribution in [0.2, 0.25) is 0 Å². The molecule has 1 atom stereocenters. The van der Waals surface area contributed by atoms with E-state index in [1.807, 2.05) is 0 Å². The average molecular weight is 231 g/mol. The molecule has 0 saturated carbocycles. The molecule has 1 unspecified atom stereocenters. The first kappa shape index (κ1) is 11.3. The van der Waals surface area contributed by atoms with Crippen molar-refractivity contribution in [3.8, 4) is 5.75 Å². The van der Waals surface area contributed by atoms with E-state index in [9.17, 15) is 18.3 Å². The van der Waals surface area contributed by atoms with Crippen molar-refractivity contribution < 1.29 is 18.3 Å². The van der Waals surface area contributed by atoms with Gasteiger partial charge in [-0.2, -0.15) is 13.2 Å². The largest absolute Gasteiger partial charge is 0.508 e. The zero-order valence-electron chi connectivity index (χ0n) is 8.51. The molecule has 0 heterocycles. The fourth-order valence-electron chi connectivity index (χ4n) is 2.05. The number of halogens is 3. The number of fused-ring (bicyclic) bond motifs is 1. The van der Waals surface area contributed by atoms with Crippen LogP contribution in [0.4, 0.5) is 13.2 Å². The second kappa shape index (κ2) is 3.97. The van der Waals surface area contributed by atoms with Crippen molar-refractivity contribution in [3.05, 3.63) is 29.3 Å². The zero-order valence-corrected chi connectivity index (χ0v) is 8.51. The van der Waals surface area contributed by atoms with Crippen molar-refractivity contribution in [2.75, 3.05) is 6.54 Å². The lowest BCUT2D eigenvalue weighted by molar-refractivity contribution is -0.126. The van der Waals surface area contributed by atoms with Gasteiger partial charge in [0.25, 0.3) is 0 Å². The number of nitrogens with one attached hydrogen (secondary N) is 1. The number of alkyl halides is 3. The van der Waals surface area contributed by atoms with Gasteiger partial charge in [-0.05, 0) is 36.1 Å². The van der Waals surface area contributed by atoms with Crippen molar-refractivity contribution >= 4 is 0 Å². The number of hydrogen-bond donors (Lipinski definition) is 2. The van der Waals surface area contributed by atoms with Crippen LogP contribution in [-0.4, -0.2) is 17.8 Å². The normalized spacial score (nSPS) is 19.8. The molecule has 0 bridgehead atoms. The van der Waals surface area contributed by atoms with E-state index in [0.29, 0.717) is 12.8 Å². The molecule has 0 radical (unpaired) electrons. The van der Waals surface area contributed by atoms with Gasteiger partial charge in [-0.15, -0.1) is 0 Å². The molecule has 2 N–H and O–H groups in total. The van der Waals surface area contributed by atoms with Crippen molar-refractivity contribution in [2.45, 2.75) is 25.1 Å². The Kier molecular flexibility index (Phi) is 2.80. The Bertz CT molecular complexity index is 389. The van der Waals surface area contributed by atoms with Gasteiger partial charge in [0.1, 0.15) is 5.75 Å².